The summed E-state index contributed by atoms with van der Waals surface area (Å²) in [5, 5.41) is 0.236. The molecule has 3 unspecified atom stereocenters. The Morgan fingerprint density at radius 3 is 2.27 bits per heavy atom. The van der Waals surface area contributed by atoms with Crippen LogP contribution in [0.5, 0.6) is 0 Å². The van der Waals surface area contributed by atoms with Crippen molar-refractivity contribution in [1.29, 1.82) is 0 Å². The van der Waals surface area contributed by atoms with Crippen molar-refractivity contribution < 1.29 is 13.6 Å². The predicted molar refractivity (Wildman–Crippen MR) is 169 cm³/mol. The summed E-state index contributed by atoms with van der Waals surface area (Å²) in [6.07, 6.45) is 10.8. The van der Waals surface area contributed by atoms with E-state index in [0.717, 1.165) is 30.4 Å². The van der Waals surface area contributed by atoms with Crippen LogP contribution in [0.1, 0.15) is 105 Å². The molecule has 40 heavy (non-hydrogen) atoms. The molecular formula is C31H54N4O3Si2. The van der Waals surface area contributed by atoms with Gasteiger partial charge < -0.3 is 13.6 Å². The van der Waals surface area contributed by atoms with Gasteiger partial charge in [-0.25, -0.2) is 15.0 Å². The number of fused-ring (bicyclic) bond motifs is 1. The Morgan fingerprint density at radius 2 is 1.62 bits per heavy atom. The van der Waals surface area contributed by atoms with Crippen LogP contribution >= 0.6 is 0 Å². The number of imidazole rings is 1. The molecule has 0 amide bonds. The predicted octanol–water partition coefficient (Wildman–Crippen LogP) is 8.24. The molecule has 0 bridgehead atoms. The fourth-order valence-corrected chi connectivity index (χ4v) is 6.70. The molecule has 9 heteroatoms. The molecule has 0 spiro atoms. The van der Waals surface area contributed by atoms with Crippen molar-refractivity contribution in [3.8, 4) is 11.8 Å². The second-order valence-electron chi connectivity index (χ2n) is 14.4. The molecule has 1 aliphatic rings. The van der Waals surface area contributed by atoms with Crippen molar-refractivity contribution in [2.24, 2.45) is 0 Å². The van der Waals surface area contributed by atoms with E-state index in [1.165, 1.54) is 25.7 Å². The van der Waals surface area contributed by atoms with Gasteiger partial charge in [0.1, 0.15) is 29.9 Å². The van der Waals surface area contributed by atoms with E-state index in [-0.39, 0.29) is 28.5 Å². The first-order valence-corrected chi connectivity index (χ1v) is 21.0. The zero-order chi connectivity index (χ0) is 29.8. The van der Waals surface area contributed by atoms with E-state index < -0.39 is 16.6 Å². The highest BCUT2D eigenvalue weighted by Gasteiger charge is 2.46. The summed E-state index contributed by atoms with van der Waals surface area (Å²) in [6, 6.07) is 0. The summed E-state index contributed by atoms with van der Waals surface area (Å²) in [7, 11) is -3.96. The molecule has 3 heterocycles. The number of unbranched alkanes of at least 4 members (excludes halogenated alkanes) is 5. The van der Waals surface area contributed by atoms with Gasteiger partial charge in [0, 0.05) is 12.8 Å². The summed E-state index contributed by atoms with van der Waals surface area (Å²) < 4.78 is 22.3. The summed E-state index contributed by atoms with van der Waals surface area (Å²) in [6.45, 7) is 25.6. The highest BCUT2D eigenvalue weighted by Crippen LogP contribution is 2.42. The van der Waals surface area contributed by atoms with E-state index in [1.807, 2.05) is 10.9 Å². The Balaban J connectivity index is 1.81. The minimum Gasteiger partial charge on any atom is -0.414 e. The molecule has 2 aromatic rings. The van der Waals surface area contributed by atoms with Gasteiger partial charge in [0.2, 0.25) is 0 Å². The monoisotopic (exact) mass is 586 g/mol. The molecule has 0 radical (unpaired) electrons. The second-order valence-corrected chi connectivity index (χ2v) is 23.9. The quantitative estimate of drug-likeness (QED) is 0.150. The Morgan fingerprint density at radius 1 is 0.950 bits per heavy atom. The van der Waals surface area contributed by atoms with Crippen LogP contribution < -0.4 is 0 Å². The largest absolute Gasteiger partial charge is 0.414 e. The average Bonchev–Trinajstić information content (AvgIpc) is 3.45. The molecule has 0 aliphatic carbocycles. The highest BCUT2D eigenvalue weighted by molar-refractivity contribution is 6.74. The first-order valence-electron chi connectivity index (χ1n) is 15.2. The minimum atomic E-state index is -2.02. The summed E-state index contributed by atoms with van der Waals surface area (Å²) >= 11 is 0. The molecule has 3 atom stereocenters. The number of hydrogen-bond acceptors (Lipinski definition) is 6. The minimum absolute atomic E-state index is 0.0538. The number of hydrogen-bond donors (Lipinski definition) is 0. The zero-order valence-corrected chi connectivity index (χ0v) is 29.1. The van der Waals surface area contributed by atoms with Crippen LogP contribution in [0.2, 0.25) is 36.3 Å². The van der Waals surface area contributed by atoms with Gasteiger partial charge in [0.05, 0.1) is 19.0 Å². The molecule has 1 fully saturated rings. The van der Waals surface area contributed by atoms with Gasteiger partial charge in [-0.2, -0.15) is 0 Å². The van der Waals surface area contributed by atoms with E-state index >= 15 is 0 Å². The fourth-order valence-electron chi connectivity index (χ4n) is 4.32. The van der Waals surface area contributed by atoms with Crippen molar-refractivity contribution in [3.63, 3.8) is 0 Å². The Kier molecular flexibility index (Phi) is 10.8. The Bertz CT molecular complexity index is 1170. The van der Waals surface area contributed by atoms with Crippen LogP contribution in [0, 0.1) is 11.8 Å². The maximum absolute atomic E-state index is 6.95. The van der Waals surface area contributed by atoms with Gasteiger partial charge in [-0.05, 0) is 48.6 Å². The number of ether oxygens (including phenoxy) is 1. The Labute approximate surface area is 245 Å². The topological polar surface area (TPSA) is 71.3 Å². The maximum atomic E-state index is 6.95. The molecule has 2 aromatic heterocycles. The van der Waals surface area contributed by atoms with Gasteiger partial charge >= 0.3 is 0 Å². The van der Waals surface area contributed by atoms with Crippen LogP contribution in [-0.2, 0) is 13.6 Å². The molecule has 1 saturated heterocycles. The van der Waals surface area contributed by atoms with E-state index in [9.17, 15) is 0 Å². The lowest BCUT2D eigenvalue weighted by Gasteiger charge is -2.40. The van der Waals surface area contributed by atoms with Crippen molar-refractivity contribution in [2.75, 3.05) is 6.61 Å². The van der Waals surface area contributed by atoms with Gasteiger partial charge in [-0.15, -0.1) is 0 Å². The first-order chi connectivity index (χ1) is 18.6. The van der Waals surface area contributed by atoms with Crippen LogP contribution in [0.3, 0.4) is 0 Å². The van der Waals surface area contributed by atoms with Crippen LogP contribution in [-0.4, -0.2) is 55.0 Å². The second kappa shape index (κ2) is 13.2. The molecule has 224 valence electrons. The third-order valence-corrected chi connectivity index (χ3v) is 18.1. The van der Waals surface area contributed by atoms with Gasteiger partial charge in [0.15, 0.2) is 22.3 Å². The van der Waals surface area contributed by atoms with Crippen molar-refractivity contribution >= 4 is 27.8 Å². The van der Waals surface area contributed by atoms with Crippen molar-refractivity contribution in [2.45, 2.75) is 148 Å². The molecule has 0 aromatic carbocycles. The number of aromatic nitrogens is 4. The lowest BCUT2D eigenvalue weighted by molar-refractivity contribution is -0.0383. The lowest BCUT2D eigenvalue weighted by atomic mass is 10.1. The zero-order valence-electron chi connectivity index (χ0n) is 27.1. The van der Waals surface area contributed by atoms with Crippen molar-refractivity contribution in [1.82, 2.24) is 19.5 Å². The van der Waals surface area contributed by atoms with E-state index in [1.54, 1.807) is 6.33 Å². The smallest absolute Gasteiger partial charge is 0.192 e. The van der Waals surface area contributed by atoms with Gasteiger partial charge in [0.25, 0.3) is 0 Å². The summed E-state index contributed by atoms with van der Waals surface area (Å²) in [4.78, 5) is 13.7. The van der Waals surface area contributed by atoms with E-state index in [2.05, 4.69) is 101 Å². The molecule has 0 saturated carbocycles. The van der Waals surface area contributed by atoms with Crippen molar-refractivity contribution in [3.05, 3.63) is 18.3 Å². The van der Waals surface area contributed by atoms with Crippen LogP contribution in [0.4, 0.5) is 0 Å². The average molecular weight is 587 g/mol. The molecule has 3 rings (SSSR count). The number of nitrogens with zero attached hydrogens (tertiary/aromatic N) is 4. The SMILES string of the molecule is CCCCCCCC#Cc1ncnc2c1ncn2C1CC(O[Si](C)(C)C(C)(C)C)C(CO[Si](C)(C)C(C)(C)C)O1. The third kappa shape index (κ3) is 8.03. The fraction of sp³-hybridized carbons (Fsp3) is 0.774. The third-order valence-electron chi connectivity index (χ3n) is 9.13. The molecular weight excluding hydrogens is 533 g/mol. The highest BCUT2D eigenvalue weighted by atomic mass is 28.4. The van der Waals surface area contributed by atoms with Gasteiger partial charge in [-0.3, -0.25) is 4.57 Å². The normalized spacial score (nSPS) is 20.6. The lowest BCUT2D eigenvalue weighted by Crippen LogP contribution is -2.48. The summed E-state index contributed by atoms with van der Waals surface area (Å²) in [5.74, 6) is 6.54. The van der Waals surface area contributed by atoms with Gasteiger partial charge in [-0.1, -0.05) is 80.1 Å². The van der Waals surface area contributed by atoms with E-state index in [4.69, 9.17) is 13.6 Å². The van der Waals surface area contributed by atoms with E-state index in [0.29, 0.717) is 12.3 Å². The number of rotatable bonds is 11. The standard InChI is InChI=1S/C31H54N4O3Si2/c1-12-13-14-15-16-17-18-19-24-28-29(33-22-32-24)35(23-34-28)27-20-25(38-40(10,11)31(5,6)7)26(37-27)21-36-39(8,9)30(2,3)4/h22-23,25-27H,12-17,20-21H2,1-11H3. The maximum Gasteiger partial charge on any atom is 0.192 e. The first kappa shape index (κ1) is 32.9. The Hall–Kier alpha value is -1.58. The molecule has 1 aliphatic heterocycles. The molecule has 0 N–H and O–H groups in total. The summed E-state index contributed by atoms with van der Waals surface area (Å²) in [5.41, 5.74) is 2.17. The van der Waals surface area contributed by atoms with Crippen LogP contribution in [0.25, 0.3) is 11.2 Å². The molecule has 7 nitrogen and oxygen atoms in total. The van der Waals surface area contributed by atoms with Crippen LogP contribution in [0.15, 0.2) is 12.7 Å².